The number of aldehydes is 1. The molecule has 0 spiro atoms. The third-order valence-electron chi connectivity index (χ3n) is 1.76. The minimum atomic E-state index is 0.437. The molecule has 0 amide bonds. The lowest BCUT2D eigenvalue weighted by atomic mass is 10.1. The normalized spacial score (nSPS) is 9.79. The number of carbonyl (C=O) groups excluding carboxylic acids is 1. The number of hydrogen-bond donors (Lipinski definition) is 0. The molecule has 0 saturated carbocycles. The number of halogens is 1. The molecule has 1 aromatic carbocycles. The number of carbonyl (C=O) groups is 1. The lowest BCUT2D eigenvalue weighted by Crippen LogP contribution is -1.98. The standard InChI is InChI=1S/C11H13ClO2/c12-6-2-8-14-11-4-1-3-10(9-11)5-7-13/h1,3-4,7,9H,2,5-6,8H2. The minimum absolute atomic E-state index is 0.437. The van der Waals surface area contributed by atoms with Gasteiger partial charge < -0.3 is 9.53 Å². The molecule has 0 aliphatic carbocycles. The molecule has 0 aliphatic rings. The van der Waals surface area contributed by atoms with Gasteiger partial charge in [-0.25, -0.2) is 0 Å². The molecule has 0 fully saturated rings. The van der Waals surface area contributed by atoms with Crippen LogP contribution in [0.2, 0.25) is 0 Å². The van der Waals surface area contributed by atoms with E-state index in [0.717, 1.165) is 24.0 Å². The number of hydrogen-bond acceptors (Lipinski definition) is 2. The van der Waals surface area contributed by atoms with Crippen molar-refractivity contribution in [2.24, 2.45) is 0 Å². The maximum atomic E-state index is 10.3. The Bertz CT molecular complexity index is 286. The molecule has 0 heterocycles. The number of benzene rings is 1. The van der Waals surface area contributed by atoms with Crippen molar-refractivity contribution in [3.05, 3.63) is 29.8 Å². The van der Waals surface area contributed by atoms with Crippen molar-refractivity contribution < 1.29 is 9.53 Å². The summed E-state index contributed by atoms with van der Waals surface area (Å²) in [6.45, 7) is 0.619. The summed E-state index contributed by atoms with van der Waals surface area (Å²) >= 11 is 5.52. The van der Waals surface area contributed by atoms with Crippen LogP contribution in [-0.4, -0.2) is 18.8 Å². The Kier molecular flexibility index (Phi) is 5.08. The first-order chi connectivity index (χ1) is 6.86. The van der Waals surface area contributed by atoms with Crippen LogP contribution in [0, 0.1) is 0 Å². The third-order valence-corrected chi connectivity index (χ3v) is 2.03. The first kappa shape index (κ1) is 11.1. The van der Waals surface area contributed by atoms with Crippen LogP contribution >= 0.6 is 11.6 Å². The number of alkyl halides is 1. The molecular formula is C11H13ClO2. The van der Waals surface area contributed by atoms with Gasteiger partial charge in [-0.1, -0.05) is 12.1 Å². The molecule has 0 aromatic heterocycles. The molecule has 0 aliphatic heterocycles. The van der Waals surface area contributed by atoms with E-state index in [1.54, 1.807) is 0 Å². The summed E-state index contributed by atoms with van der Waals surface area (Å²) in [6, 6.07) is 7.54. The zero-order valence-corrected chi connectivity index (χ0v) is 8.67. The van der Waals surface area contributed by atoms with E-state index in [0.29, 0.717) is 18.9 Å². The predicted molar refractivity (Wildman–Crippen MR) is 57.0 cm³/mol. The molecule has 2 nitrogen and oxygen atoms in total. The van der Waals surface area contributed by atoms with Crippen LogP contribution in [0.25, 0.3) is 0 Å². The van der Waals surface area contributed by atoms with Gasteiger partial charge in [0, 0.05) is 12.3 Å². The average Bonchev–Trinajstić information content (AvgIpc) is 2.19. The maximum absolute atomic E-state index is 10.3. The second-order valence-corrected chi connectivity index (χ2v) is 3.29. The first-order valence-electron chi connectivity index (χ1n) is 4.58. The van der Waals surface area contributed by atoms with Crippen molar-refractivity contribution in [1.82, 2.24) is 0 Å². The smallest absolute Gasteiger partial charge is 0.124 e. The lowest BCUT2D eigenvalue weighted by Gasteiger charge is -2.05. The summed E-state index contributed by atoms with van der Waals surface area (Å²) in [5.41, 5.74) is 0.975. The van der Waals surface area contributed by atoms with Gasteiger partial charge in [0.1, 0.15) is 12.0 Å². The highest BCUT2D eigenvalue weighted by Crippen LogP contribution is 2.13. The third kappa shape index (κ3) is 3.79. The Hall–Kier alpha value is -1.02. The fraction of sp³-hybridized carbons (Fsp3) is 0.364. The zero-order valence-electron chi connectivity index (χ0n) is 7.91. The van der Waals surface area contributed by atoms with Gasteiger partial charge in [0.05, 0.1) is 6.61 Å². The van der Waals surface area contributed by atoms with Crippen molar-refractivity contribution in [1.29, 1.82) is 0 Å². The molecular weight excluding hydrogens is 200 g/mol. The quantitative estimate of drug-likeness (QED) is 0.411. The molecule has 0 unspecified atom stereocenters. The second-order valence-electron chi connectivity index (χ2n) is 2.91. The van der Waals surface area contributed by atoms with E-state index in [-0.39, 0.29) is 0 Å². The molecule has 1 rings (SSSR count). The van der Waals surface area contributed by atoms with E-state index in [9.17, 15) is 4.79 Å². The largest absolute Gasteiger partial charge is 0.494 e. The highest BCUT2D eigenvalue weighted by Gasteiger charge is 1.96. The molecule has 0 radical (unpaired) electrons. The zero-order chi connectivity index (χ0) is 10.2. The topological polar surface area (TPSA) is 26.3 Å². The van der Waals surface area contributed by atoms with Gasteiger partial charge in [-0.05, 0) is 24.1 Å². The molecule has 0 atom stereocenters. The Morgan fingerprint density at radius 2 is 2.29 bits per heavy atom. The summed E-state index contributed by atoms with van der Waals surface area (Å²) in [7, 11) is 0. The Balaban J connectivity index is 2.50. The lowest BCUT2D eigenvalue weighted by molar-refractivity contribution is -0.107. The van der Waals surface area contributed by atoms with E-state index in [2.05, 4.69) is 0 Å². The Morgan fingerprint density at radius 3 is 3.00 bits per heavy atom. The van der Waals surface area contributed by atoms with Gasteiger partial charge in [-0.3, -0.25) is 0 Å². The van der Waals surface area contributed by atoms with E-state index in [1.165, 1.54) is 0 Å². The van der Waals surface area contributed by atoms with Gasteiger partial charge in [-0.15, -0.1) is 11.6 Å². The van der Waals surface area contributed by atoms with E-state index < -0.39 is 0 Å². The van der Waals surface area contributed by atoms with Crippen LogP contribution in [-0.2, 0) is 11.2 Å². The number of rotatable bonds is 6. The van der Waals surface area contributed by atoms with Crippen molar-refractivity contribution in [3.8, 4) is 5.75 Å². The van der Waals surface area contributed by atoms with Gasteiger partial charge in [-0.2, -0.15) is 0 Å². The predicted octanol–water partition coefficient (Wildman–Crippen LogP) is 2.44. The van der Waals surface area contributed by atoms with E-state index >= 15 is 0 Å². The number of ether oxygens (including phenoxy) is 1. The van der Waals surface area contributed by atoms with Crippen LogP contribution in [0.3, 0.4) is 0 Å². The summed E-state index contributed by atoms with van der Waals surface area (Å²) in [6.07, 6.45) is 2.16. The van der Waals surface area contributed by atoms with E-state index in [1.807, 2.05) is 24.3 Å². The fourth-order valence-electron chi connectivity index (χ4n) is 1.10. The molecule has 0 bridgehead atoms. The summed E-state index contributed by atoms with van der Waals surface area (Å²) < 4.78 is 5.43. The minimum Gasteiger partial charge on any atom is -0.494 e. The average molecular weight is 213 g/mol. The maximum Gasteiger partial charge on any atom is 0.124 e. The summed E-state index contributed by atoms with van der Waals surface area (Å²) in [4.78, 5) is 10.3. The van der Waals surface area contributed by atoms with Crippen LogP contribution in [0.4, 0.5) is 0 Å². The molecule has 0 saturated heterocycles. The van der Waals surface area contributed by atoms with E-state index in [4.69, 9.17) is 16.3 Å². The van der Waals surface area contributed by atoms with Gasteiger partial charge in [0.2, 0.25) is 0 Å². The Morgan fingerprint density at radius 1 is 1.43 bits per heavy atom. The first-order valence-corrected chi connectivity index (χ1v) is 5.11. The summed E-state index contributed by atoms with van der Waals surface area (Å²) in [5.74, 6) is 1.41. The highest BCUT2D eigenvalue weighted by atomic mass is 35.5. The Labute approximate surface area is 88.8 Å². The van der Waals surface area contributed by atoms with Crippen LogP contribution in [0.1, 0.15) is 12.0 Å². The van der Waals surface area contributed by atoms with Gasteiger partial charge in [0.25, 0.3) is 0 Å². The molecule has 76 valence electrons. The van der Waals surface area contributed by atoms with Gasteiger partial charge in [0.15, 0.2) is 0 Å². The molecule has 0 N–H and O–H groups in total. The van der Waals surface area contributed by atoms with Crippen LogP contribution in [0.5, 0.6) is 5.75 Å². The second kappa shape index (κ2) is 6.44. The molecule has 3 heteroatoms. The summed E-state index contributed by atoms with van der Waals surface area (Å²) in [5, 5.41) is 0. The monoisotopic (exact) mass is 212 g/mol. The van der Waals surface area contributed by atoms with Crippen molar-refractivity contribution in [3.63, 3.8) is 0 Å². The van der Waals surface area contributed by atoms with Gasteiger partial charge >= 0.3 is 0 Å². The molecule has 1 aromatic rings. The van der Waals surface area contributed by atoms with Crippen molar-refractivity contribution in [2.45, 2.75) is 12.8 Å². The SMILES string of the molecule is O=CCc1cccc(OCCCCl)c1. The fourth-order valence-corrected chi connectivity index (χ4v) is 1.21. The van der Waals surface area contributed by atoms with Crippen LogP contribution < -0.4 is 4.74 Å². The highest BCUT2D eigenvalue weighted by molar-refractivity contribution is 6.17. The van der Waals surface area contributed by atoms with Crippen molar-refractivity contribution >= 4 is 17.9 Å². The van der Waals surface area contributed by atoms with Crippen LogP contribution in [0.15, 0.2) is 24.3 Å². The van der Waals surface area contributed by atoms with Crippen molar-refractivity contribution in [2.75, 3.05) is 12.5 Å². The molecule has 14 heavy (non-hydrogen) atoms.